The lowest BCUT2D eigenvalue weighted by molar-refractivity contribution is -0.130. The minimum absolute atomic E-state index is 0. The van der Waals surface area contributed by atoms with Crippen LogP contribution in [0.2, 0.25) is 0 Å². The molecule has 2 heterocycles. The first-order valence-corrected chi connectivity index (χ1v) is 7.94. The molecule has 7 nitrogen and oxygen atoms in total. The molecule has 0 spiro atoms. The van der Waals surface area contributed by atoms with Crippen LogP contribution in [0.3, 0.4) is 0 Å². The number of halogens is 1. The van der Waals surface area contributed by atoms with Crippen molar-refractivity contribution in [2.45, 2.75) is 13.0 Å². The van der Waals surface area contributed by atoms with Gasteiger partial charge in [-0.25, -0.2) is 0 Å². The minimum atomic E-state index is 0. The van der Waals surface area contributed by atoms with E-state index in [0.717, 1.165) is 37.9 Å². The number of amides is 1. The molecule has 0 bridgehead atoms. The Kier molecular flexibility index (Phi) is 8.54. The van der Waals surface area contributed by atoms with Crippen LogP contribution in [0.4, 0.5) is 0 Å². The van der Waals surface area contributed by atoms with Crippen molar-refractivity contribution in [3.63, 3.8) is 0 Å². The highest BCUT2D eigenvalue weighted by Crippen LogP contribution is 2.17. The predicted molar refractivity (Wildman–Crippen MR) is 106 cm³/mol. The Hall–Kier alpha value is -1.29. The number of carbonyl (C=O) groups is 1. The van der Waals surface area contributed by atoms with E-state index in [1.54, 1.807) is 20.2 Å². The fourth-order valence-electron chi connectivity index (χ4n) is 2.77. The summed E-state index contributed by atoms with van der Waals surface area (Å²) >= 11 is 0. The number of carbonyl (C=O) groups excluding carboxylic acids is 1. The van der Waals surface area contributed by atoms with Crippen molar-refractivity contribution >= 4 is 35.8 Å². The highest BCUT2D eigenvalue weighted by Gasteiger charge is 2.23. The summed E-state index contributed by atoms with van der Waals surface area (Å²) in [4.78, 5) is 22.0. The minimum Gasteiger partial charge on any atom is -0.468 e. The van der Waals surface area contributed by atoms with Crippen LogP contribution in [-0.4, -0.2) is 80.4 Å². The smallest absolute Gasteiger partial charge is 0.219 e. The normalized spacial score (nSPS) is 16.8. The maximum atomic E-state index is 11.4. The number of nitrogens with zero attached hydrogens (tertiary/aromatic N) is 4. The molecule has 1 N–H and O–H groups in total. The topological polar surface area (TPSA) is 64.3 Å². The maximum Gasteiger partial charge on any atom is 0.219 e. The third-order valence-electron chi connectivity index (χ3n) is 4.18. The van der Waals surface area contributed by atoms with E-state index in [9.17, 15) is 4.79 Å². The zero-order valence-electron chi connectivity index (χ0n) is 14.9. The van der Waals surface area contributed by atoms with Crippen LogP contribution in [0.5, 0.6) is 0 Å². The molecule has 1 aliphatic heterocycles. The van der Waals surface area contributed by atoms with E-state index in [1.165, 1.54) is 0 Å². The quantitative estimate of drug-likeness (QED) is 0.426. The van der Waals surface area contributed by atoms with Crippen LogP contribution in [-0.2, 0) is 4.79 Å². The van der Waals surface area contributed by atoms with E-state index in [4.69, 9.17) is 4.42 Å². The first kappa shape index (κ1) is 20.8. The molecule has 136 valence electrons. The number of hydrogen-bond acceptors (Lipinski definition) is 4. The number of aliphatic imine (C=N–C) groups is 1. The van der Waals surface area contributed by atoms with E-state index in [1.807, 2.05) is 31.1 Å². The molecule has 2 rings (SSSR count). The zero-order chi connectivity index (χ0) is 16.8. The van der Waals surface area contributed by atoms with Crippen LogP contribution < -0.4 is 5.32 Å². The largest absolute Gasteiger partial charge is 0.468 e. The molecule has 1 aromatic rings. The Bertz CT molecular complexity index is 525. The molecule has 0 radical (unpaired) electrons. The predicted octanol–water partition coefficient (Wildman–Crippen LogP) is 1.24. The van der Waals surface area contributed by atoms with E-state index >= 15 is 0 Å². The fraction of sp³-hybridized carbons (Fsp3) is 0.625. The van der Waals surface area contributed by atoms with Gasteiger partial charge in [0, 0.05) is 46.7 Å². The second kappa shape index (κ2) is 9.87. The second-order valence-corrected chi connectivity index (χ2v) is 5.92. The fourth-order valence-corrected chi connectivity index (χ4v) is 2.77. The summed E-state index contributed by atoms with van der Waals surface area (Å²) in [6.07, 6.45) is 1.70. The number of guanidine groups is 1. The Morgan fingerprint density at radius 1 is 1.33 bits per heavy atom. The molecule has 1 aromatic heterocycles. The van der Waals surface area contributed by atoms with Gasteiger partial charge in [-0.2, -0.15) is 0 Å². The summed E-state index contributed by atoms with van der Waals surface area (Å²) < 4.78 is 5.53. The van der Waals surface area contributed by atoms with Gasteiger partial charge in [-0.15, -0.1) is 24.0 Å². The number of rotatable bonds is 4. The van der Waals surface area contributed by atoms with Gasteiger partial charge in [-0.3, -0.25) is 14.7 Å². The molecule has 24 heavy (non-hydrogen) atoms. The van der Waals surface area contributed by atoms with Crippen molar-refractivity contribution in [2.24, 2.45) is 4.99 Å². The average molecular weight is 449 g/mol. The Morgan fingerprint density at radius 3 is 2.42 bits per heavy atom. The Balaban J connectivity index is 0.00000288. The zero-order valence-corrected chi connectivity index (χ0v) is 17.2. The molecule has 1 aliphatic rings. The second-order valence-electron chi connectivity index (χ2n) is 5.92. The Labute approximate surface area is 161 Å². The van der Waals surface area contributed by atoms with Gasteiger partial charge < -0.3 is 19.5 Å². The summed E-state index contributed by atoms with van der Waals surface area (Å²) in [7, 11) is 5.85. The lowest BCUT2D eigenvalue weighted by Gasteiger charge is -2.36. The lowest BCUT2D eigenvalue weighted by atomic mass is 10.2. The van der Waals surface area contributed by atoms with Crippen molar-refractivity contribution in [1.29, 1.82) is 0 Å². The number of nitrogens with one attached hydrogen (secondary N) is 1. The average Bonchev–Trinajstić information content (AvgIpc) is 3.05. The van der Waals surface area contributed by atoms with E-state index in [0.29, 0.717) is 6.54 Å². The molecular formula is C16H28IN5O2. The van der Waals surface area contributed by atoms with Gasteiger partial charge in [0.2, 0.25) is 5.91 Å². The van der Waals surface area contributed by atoms with Crippen molar-refractivity contribution < 1.29 is 9.21 Å². The summed E-state index contributed by atoms with van der Waals surface area (Å²) in [5.41, 5.74) is 0. The van der Waals surface area contributed by atoms with E-state index in [2.05, 4.69) is 20.1 Å². The summed E-state index contributed by atoms with van der Waals surface area (Å²) in [6.45, 7) is 5.41. The molecule has 1 fully saturated rings. The first-order chi connectivity index (χ1) is 11.0. The highest BCUT2D eigenvalue weighted by atomic mass is 127. The number of likely N-dealkylation sites (N-methyl/N-ethyl adjacent to an activating group) is 1. The van der Waals surface area contributed by atoms with Crippen LogP contribution >= 0.6 is 24.0 Å². The van der Waals surface area contributed by atoms with Crippen molar-refractivity contribution in [2.75, 3.05) is 53.9 Å². The van der Waals surface area contributed by atoms with Crippen LogP contribution in [0, 0.1) is 0 Å². The summed E-state index contributed by atoms with van der Waals surface area (Å²) in [5.74, 6) is 1.93. The standard InChI is InChI=1S/C16H27N5O2.HI/c1-13(22)20-7-9-21(10-8-20)16(17-2)18-12-14(19(3)4)15-6-5-11-23-15;/h5-6,11,14H,7-10,12H2,1-4H3,(H,17,18);1H. The summed E-state index contributed by atoms with van der Waals surface area (Å²) in [6, 6.07) is 4.03. The van der Waals surface area contributed by atoms with E-state index < -0.39 is 0 Å². The molecule has 0 saturated carbocycles. The van der Waals surface area contributed by atoms with Gasteiger partial charge in [-0.05, 0) is 26.2 Å². The first-order valence-electron chi connectivity index (χ1n) is 7.94. The molecule has 1 saturated heterocycles. The van der Waals surface area contributed by atoms with Crippen LogP contribution in [0.15, 0.2) is 27.8 Å². The van der Waals surface area contributed by atoms with Gasteiger partial charge in [0.05, 0.1) is 12.3 Å². The van der Waals surface area contributed by atoms with Gasteiger partial charge >= 0.3 is 0 Å². The summed E-state index contributed by atoms with van der Waals surface area (Å²) in [5, 5.41) is 3.42. The third-order valence-corrected chi connectivity index (χ3v) is 4.18. The van der Waals surface area contributed by atoms with Crippen LogP contribution in [0.1, 0.15) is 18.7 Å². The lowest BCUT2D eigenvalue weighted by Crippen LogP contribution is -2.54. The van der Waals surface area contributed by atoms with Gasteiger partial charge in [0.15, 0.2) is 5.96 Å². The van der Waals surface area contributed by atoms with Crippen molar-refractivity contribution in [3.05, 3.63) is 24.2 Å². The maximum absolute atomic E-state index is 11.4. The molecule has 1 amide bonds. The third kappa shape index (κ3) is 5.37. The molecule has 0 aliphatic carbocycles. The van der Waals surface area contributed by atoms with Crippen molar-refractivity contribution in [3.8, 4) is 0 Å². The van der Waals surface area contributed by atoms with Crippen molar-refractivity contribution in [1.82, 2.24) is 20.0 Å². The van der Waals surface area contributed by atoms with Gasteiger partial charge in [0.1, 0.15) is 5.76 Å². The molecule has 1 unspecified atom stereocenters. The Morgan fingerprint density at radius 2 is 1.96 bits per heavy atom. The molecule has 8 heteroatoms. The van der Waals surface area contributed by atoms with E-state index in [-0.39, 0.29) is 35.9 Å². The molecular weight excluding hydrogens is 421 g/mol. The van der Waals surface area contributed by atoms with Crippen LogP contribution in [0.25, 0.3) is 0 Å². The van der Waals surface area contributed by atoms with Gasteiger partial charge in [0.25, 0.3) is 0 Å². The molecule has 1 atom stereocenters. The monoisotopic (exact) mass is 449 g/mol. The number of hydrogen-bond donors (Lipinski definition) is 1. The molecule has 0 aromatic carbocycles. The highest BCUT2D eigenvalue weighted by molar-refractivity contribution is 14.0. The van der Waals surface area contributed by atoms with Gasteiger partial charge in [-0.1, -0.05) is 0 Å². The number of piperazine rings is 1. The SMILES string of the molecule is CN=C(NCC(c1ccco1)N(C)C)N1CCN(C(C)=O)CC1.I. The number of furan rings is 1.